The molecule has 0 atom stereocenters. The zero-order valence-corrected chi connectivity index (χ0v) is 16.9. The lowest BCUT2D eigenvalue weighted by molar-refractivity contribution is 0.0746. The van der Waals surface area contributed by atoms with Gasteiger partial charge in [-0.1, -0.05) is 6.07 Å². The van der Waals surface area contributed by atoms with Crippen molar-refractivity contribution in [2.45, 2.75) is 13.8 Å². The Hall–Kier alpha value is -2.61. The van der Waals surface area contributed by atoms with Gasteiger partial charge in [-0.05, 0) is 49.2 Å². The Labute approximate surface area is 165 Å². The molecular formula is C20H24N4O3S. The van der Waals surface area contributed by atoms with E-state index in [4.69, 9.17) is 0 Å². The van der Waals surface area contributed by atoms with Gasteiger partial charge in [0.15, 0.2) is 0 Å². The predicted octanol–water partition coefficient (Wildman–Crippen LogP) is 1.81. The van der Waals surface area contributed by atoms with Crippen molar-refractivity contribution in [3.63, 3.8) is 0 Å². The first-order chi connectivity index (χ1) is 13.3. The second kappa shape index (κ2) is 7.09. The summed E-state index contributed by atoms with van der Waals surface area (Å²) in [5.74, 6) is 1.15. The summed E-state index contributed by atoms with van der Waals surface area (Å²) < 4.78 is 24.8. The van der Waals surface area contributed by atoms with Crippen LogP contribution in [-0.2, 0) is 10.0 Å². The topological polar surface area (TPSA) is 73.8 Å². The first-order valence-corrected chi connectivity index (χ1v) is 11.0. The molecule has 8 heteroatoms. The van der Waals surface area contributed by atoms with Crippen molar-refractivity contribution in [3.05, 3.63) is 53.2 Å². The van der Waals surface area contributed by atoms with Crippen LogP contribution < -0.4 is 9.21 Å². The smallest absolute Gasteiger partial charge is 0.253 e. The third-order valence-corrected chi connectivity index (χ3v) is 7.11. The number of hydrogen-bond donors (Lipinski definition) is 0. The van der Waals surface area contributed by atoms with Gasteiger partial charge in [-0.2, -0.15) is 0 Å². The number of piperazine rings is 1. The summed E-state index contributed by atoms with van der Waals surface area (Å²) in [7, 11) is -3.14. The van der Waals surface area contributed by atoms with Crippen molar-refractivity contribution in [2.24, 2.45) is 0 Å². The second-order valence-corrected chi connectivity index (χ2v) is 9.38. The standard InChI is InChI=1S/C20H24N4O3S/c1-15-13-16(2)19(21-14-15)22-7-9-23(10-8-22)20(25)17-3-5-18(6-4-17)24-11-12-28(24,26)27/h3-6,13-14H,7-12H2,1-2H3. The van der Waals surface area contributed by atoms with E-state index in [1.54, 1.807) is 24.3 Å². The van der Waals surface area contributed by atoms with Gasteiger partial charge in [-0.25, -0.2) is 13.4 Å². The second-order valence-electron chi connectivity index (χ2n) is 7.37. The van der Waals surface area contributed by atoms with E-state index in [9.17, 15) is 13.2 Å². The molecule has 7 nitrogen and oxygen atoms in total. The average molecular weight is 401 g/mol. The molecule has 0 spiro atoms. The van der Waals surface area contributed by atoms with E-state index in [-0.39, 0.29) is 11.7 Å². The van der Waals surface area contributed by atoms with Crippen LogP contribution in [0.2, 0.25) is 0 Å². The number of nitrogens with zero attached hydrogens (tertiary/aromatic N) is 4. The van der Waals surface area contributed by atoms with E-state index < -0.39 is 10.0 Å². The van der Waals surface area contributed by atoms with Gasteiger partial charge in [-0.15, -0.1) is 0 Å². The molecular weight excluding hydrogens is 376 g/mol. The molecule has 1 amide bonds. The molecule has 1 aromatic carbocycles. The Bertz CT molecular complexity index is 997. The number of sulfonamides is 1. The third-order valence-electron chi connectivity index (χ3n) is 5.34. The van der Waals surface area contributed by atoms with Gasteiger partial charge in [0.2, 0.25) is 10.0 Å². The molecule has 2 saturated heterocycles. The first kappa shape index (κ1) is 18.7. The third kappa shape index (κ3) is 3.44. The molecule has 0 saturated carbocycles. The molecule has 0 bridgehead atoms. The molecule has 148 valence electrons. The zero-order valence-electron chi connectivity index (χ0n) is 16.1. The highest BCUT2D eigenvalue weighted by Gasteiger charge is 2.32. The molecule has 0 aliphatic carbocycles. The van der Waals surface area contributed by atoms with Crippen LogP contribution in [0.5, 0.6) is 0 Å². The van der Waals surface area contributed by atoms with Crippen LogP contribution in [0.3, 0.4) is 0 Å². The lowest BCUT2D eigenvalue weighted by Gasteiger charge is -2.36. The minimum Gasteiger partial charge on any atom is -0.353 e. The number of benzene rings is 1. The molecule has 2 aliphatic rings. The predicted molar refractivity (Wildman–Crippen MR) is 109 cm³/mol. The van der Waals surface area contributed by atoms with E-state index >= 15 is 0 Å². The quantitative estimate of drug-likeness (QED) is 0.786. The SMILES string of the molecule is Cc1cnc(N2CCN(C(=O)c3ccc(N4CCS4(=O)=O)cc3)CC2)c(C)c1. The lowest BCUT2D eigenvalue weighted by Crippen LogP contribution is -2.49. The van der Waals surface area contributed by atoms with Gasteiger partial charge in [-0.3, -0.25) is 9.10 Å². The summed E-state index contributed by atoms with van der Waals surface area (Å²) in [6.45, 7) is 7.35. The van der Waals surface area contributed by atoms with Crippen molar-refractivity contribution in [2.75, 3.05) is 47.7 Å². The normalized spacial score (nSPS) is 18.7. The molecule has 2 aliphatic heterocycles. The van der Waals surface area contributed by atoms with Crippen LogP contribution in [0.1, 0.15) is 21.5 Å². The molecule has 28 heavy (non-hydrogen) atoms. The Morgan fingerprint density at radius 1 is 1.00 bits per heavy atom. The van der Waals surface area contributed by atoms with Crippen LogP contribution in [0.25, 0.3) is 0 Å². The molecule has 2 aromatic rings. The van der Waals surface area contributed by atoms with Crippen molar-refractivity contribution < 1.29 is 13.2 Å². The zero-order chi connectivity index (χ0) is 19.9. The van der Waals surface area contributed by atoms with Gasteiger partial charge in [0, 0.05) is 44.5 Å². The highest BCUT2D eigenvalue weighted by atomic mass is 32.2. The fourth-order valence-electron chi connectivity index (χ4n) is 3.73. The largest absolute Gasteiger partial charge is 0.353 e. The highest BCUT2D eigenvalue weighted by Crippen LogP contribution is 2.25. The number of aromatic nitrogens is 1. The fourth-order valence-corrected chi connectivity index (χ4v) is 4.84. The molecule has 4 rings (SSSR count). The number of anilines is 2. The van der Waals surface area contributed by atoms with Crippen LogP contribution in [0, 0.1) is 13.8 Å². The summed E-state index contributed by atoms with van der Waals surface area (Å²) in [6.07, 6.45) is 1.87. The number of pyridine rings is 1. The van der Waals surface area contributed by atoms with Gasteiger partial charge in [0.1, 0.15) is 5.82 Å². The van der Waals surface area contributed by atoms with Gasteiger partial charge < -0.3 is 9.80 Å². The minimum absolute atomic E-state index is 0.0220. The molecule has 0 radical (unpaired) electrons. The molecule has 0 unspecified atom stereocenters. The van der Waals surface area contributed by atoms with Gasteiger partial charge in [0.05, 0.1) is 11.4 Å². The maximum absolute atomic E-state index is 12.8. The van der Waals surface area contributed by atoms with Crippen molar-refractivity contribution in [1.29, 1.82) is 0 Å². The number of carbonyl (C=O) groups is 1. The fraction of sp³-hybridized carbons (Fsp3) is 0.400. The highest BCUT2D eigenvalue weighted by molar-refractivity contribution is 7.94. The number of hydrogen-bond acceptors (Lipinski definition) is 5. The van der Waals surface area contributed by atoms with Crippen LogP contribution in [-0.4, -0.2) is 62.7 Å². The van der Waals surface area contributed by atoms with Crippen molar-refractivity contribution >= 4 is 27.4 Å². The molecule has 0 N–H and O–H groups in total. The van der Waals surface area contributed by atoms with Crippen molar-refractivity contribution in [3.8, 4) is 0 Å². The summed E-state index contributed by atoms with van der Waals surface area (Å²) in [5, 5.41) is 0. The Morgan fingerprint density at radius 3 is 2.21 bits per heavy atom. The van der Waals surface area contributed by atoms with E-state index in [1.165, 1.54) is 4.31 Å². The van der Waals surface area contributed by atoms with E-state index in [1.807, 2.05) is 18.0 Å². The number of aryl methyl sites for hydroxylation is 2. The molecule has 2 fully saturated rings. The van der Waals surface area contributed by atoms with E-state index in [2.05, 4.69) is 22.9 Å². The summed E-state index contributed by atoms with van der Waals surface area (Å²) in [6, 6.07) is 8.96. The van der Waals surface area contributed by atoms with Gasteiger partial charge >= 0.3 is 0 Å². The van der Waals surface area contributed by atoms with Crippen LogP contribution in [0.15, 0.2) is 36.5 Å². The van der Waals surface area contributed by atoms with Crippen LogP contribution in [0.4, 0.5) is 11.5 Å². The Kier molecular flexibility index (Phi) is 4.74. The van der Waals surface area contributed by atoms with E-state index in [0.717, 1.165) is 30.0 Å². The Balaban J connectivity index is 1.40. The summed E-state index contributed by atoms with van der Waals surface area (Å²) in [5.41, 5.74) is 3.49. The van der Waals surface area contributed by atoms with E-state index in [0.29, 0.717) is 30.9 Å². The maximum atomic E-state index is 12.8. The monoisotopic (exact) mass is 400 g/mol. The van der Waals surface area contributed by atoms with Crippen molar-refractivity contribution in [1.82, 2.24) is 9.88 Å². The van der Waals surface area contributed by atoms with Gasteiger partial charge in [0.25, 0.3) is 5.91 Å². The number of rotatable bonds is 3. The summed E-state index contributed by atoms with van der Waals surface area (Å²) in [4.78, 5) is 21.4. The summed E-state index contributed by atoms with van der Waals surface area (Å²) >= 11 is 0. The number of carbonyl (C=O) groups excluding carboxylic acids is 1. The number of amides is 1. The lowest BCUT2D eigenvalue weighted by atomic mass is 10.1. The molecule has 1 aromatic heterocycles. The van der Waals surface area contributed by atoms with Crippen LogP contribution >= 0.6 is 0 Å². The molecule has 3 heterocycles. The Morgan fingerprint density at radius 2 is 1.68 bits per heavy atom. The minimum atomic E-state index is -3.14. The average Bonchev–Trinajstić information content (AvgIpc) is 2.67. The maximum Gasteiger partial charge on any atom is 0.253 e. The first-order valence-electron chi connectivity index (χ1n) is 9.43.